The van der Waals surface area contributed by atoms with Gasteiger partial charge in [-0.25, -0.2) is 0 Å². The van der Waals surface area contributed by atoms with E-state index >= 15 is 0 Å². The van der Waals surface area contributed by atoms with Gasteiger partial charge in [-0.05, 0) is 86.0 Å². The fraction of sp³-hybridized carbons (Fsp3) is 0.292. The van der Waals surface area contributed by atoms with Crippen LogP contribution in [0.25, 0.3) is 6.08 Å². The van der Waals surface area contributed by atoms with Crippen molar-refractivity contribution in [3.8, 4) is 5.75 Å². The molecule has 1 heterocycles. The summed E-state index contributed by atoms with van der Waals surface area (Å²) in [6.45, 7) is 7.55. The maximum Gasteiger partial charge on any atom is 0.294 e. The molecule has 0 saturated carbocycles. The van der Waals surface area contributed by atoms with E-state index in [9.17, 15) is 14.4 Å². The largest absolute Gasteiger partial charge is 0.489 e. The summed E-state index contributed by atoms with van der Waals surface area (Å²) in [5.74, 6) is -0.382. The van der Waals surface area contributed by atoms with Crippen LogP contribution in [0.5, 0.6) is 5.75 Å². The molecule has 2 aromatic rings. The molecule has 3 rings (SSSR count). The smallest absolute Gasteiger partial charge is 0.294 e. The molecule has 0 aliphatic carbocycles. The second-order valence-electron chi connectivity index (χ2n) is 7.64. The van der Waals surface area contributed by atoms with Crippen molar-refractivity contribution in [2.75, 3.05) is 11.9 Å². The fourth-order valence-corrected chi connectivity index (χ4v) is 4.03. The first kappa shape index (κ1) is 23.9. The lowest BCUT2D eigenvalue weighted by molar-refractivity contribution is -0.127. The Hall–Kier alpha value is -2.77. The summed E-state index contributed by atoms with van der Waals surface area (Å²) in [6.07, 6.45) is 2.47. The third-order valence-electron chi connectivity index (χ3n) is 5.12. The third kappa shape index (κ3) is 5.72. The highest BCUT2D eigenvalue weighted by atomic mass is 35.5. The maximum absolute atomic E-state index is 12.7. The van der Waals surface area contributed by atoms with Crippen molar-refractivity contribution < 1.29 is 19.1 Å². The number of imide groups is 1. The molecule has 0 aromatic heterocycles. The van der Waals surface area contributed by atoms with Crippen molar-refractivity contribution in [3.05, 3.63) is 63.0 Å². The number of nitrogens with zero attached hydrogens (tertiary/aromatic N) is 1. The van der Waals surface area contributed by atoms with Gasteiger partial charge in [-0.15, -0.1) is 0 Å². The fourth-order valence-electron chi connectivity index (χ4n) is 2.95. The summed E-state index contributed by atoms with van der Waals surface area (Å²) in [4.78, 5) is 38.6. The molecule has 0 bridgehead atoms. The van der Waals surface area contributed by atoms with Gasteiger partial charge < -0.3 is 10.1 Å². The Morgan fingerprint density at radius 1 is 1.19 bits per heavy atom. The first-order valence-electron chi connectivity index (χ1n) is 10.3. The van der Waals surface area contributed by atoms with E-state index < -0.39 is 17.1 Å². The predicted molar refractivity (Wildman–Crippen MR) is 129 cm³/mol. The number of carbonyl (C=O) groups is 3. The van der Waals surface area contributed by atoms with Crippen molar-refractivity contribution in [2.24, 2.45) is 0 Å². The molecule has 1 aliphatic rings. The van der Waals surface area contributed by atoms with Gasteiger partial charge >= 0.3 is 0 Å². The molecule has 168 valence electrons. The number of rotatable bonds is 7. The number of ether oxygens (including phenoxy) is 1. The normalized spacial score (nSPS) is 15.9. The molecular formula is C24H25ClN2O4S. The quantitative estimate of drug-likeness (QED) is 0.514. The molecular weight excluding hydrogens is 448 g/mol. The maximum atomic E-state index is 12.7. The van der Waals surface area contributed by atoms with Crippen LogP contribution in [0.3, 0.4) is 0 Å². The Kier molecular flexibility index (Phi) is 7.64. The summed E-state index contributed by atoms with van der Waals surface area (Å²) < 4.78 is 5.75. The van der Waals surface area contributed by atoms with Gasteiger partial charge in [0.1, 0.15) is 12.3 Å². The van der Waals surface area contributed by atoms with Crippen molar-refractivity contribution in [1.29, 1.82) is 0 Å². The number of hydrogen-bond donors (Lipinski definition) is 1. The molecule has 1 saturated heterocycles. The first-order valence-corrected chi connectivity index (χ1v) is 11.5. The van der Waals surface area contributed by atoms with Gasteiger partial charge in [0, 0.05) is 5.69 Å². The summed E-state index contributed by atoms with van der Waals surface area (Å²) >= 11 is 7.10. The van der Waals surface area contributed by atoms with Crippen molar-refractivity contribution >= 4 is 52.2 Å². The molecule has 3 amide bonds. The number of anilines is 1. The second-order valence-corrected chi connectivity index (χ2v) is 9.04. The second kappa shape index (κ2) is 10.2. The van der Waals surface area contributed by atoms with Crippen LogP contribution in [0, 0.1) is 13.8 Å². The molecule has 1 N–H and O–H groups in total. The molecule has 8 heteroatoms. The molecule has 0 unspecified atom stereocenters. The van der Waals surface area contributed by atoms with Gasteiger partial charge in [0.05, 0.1) is 16.0 Å². The standard InChI is InChI=1S/C24H25ClN2O4S/c1-5-16(4)31-20-9-7-17(11-19(20)25)12-21-23(29)27(24(30)32-21)13-22(28)26-18-8-6-14(2)15(3)10-18/h6-12,16H,5,13H2,1-4H3,(H,26,28)/b21-12-/t16-/m1/s1. The molecule has 1 atom stereocenters. The van der Waals surface area contributed by atoms with Crippen LogP contribution in [0.15, 0.2) is 41.3 Å². The minimum Gasteiger partial charge on any atom is -0.489 e. The minimum absolute atomic E-state index is 0.0322. The van der Waals surface area contributed by atoms with E-state index in [4.69, 9.17) is 16.3 Å². The van der Waals surface area contributed by atoms with Crippen LogP contribution in [0.4, 0.5) is 10.5 Å². The molecule has 6 nitrogen and oxygen atoms in total. The third-order valence-corrected chi connectivity index (χ3v) is 6.33. The predicted octanol–water partition coefficient (Wildman–Crippen LogP) is 5.81. The van der Waals surface area contributed by atoms with E-state index in [2.05, 4.69) is 5.32 Å². The molecule has 32 heavy (non-hydrogen) atoms. The number of amides is 3. The number of nitrogens with one attached hydrogen (secondary N) is 1. The molecule has 2 aromatic carbocycles. The Labute approximate surface area is 197 Å². The average Bonchev–Trinajstić information content (AvgIpc) is 3.00. The van der Waals surface area contributed by atoms with E-state index in [1.807, 2.05) is 39.8 Å². The van der Waals surface area contributed by atoms with Crippen LogP contribution in [0.2, 0.25) is 5.02 Å². The highest BCUT2D eigenvalue weighted by Crippen LogP contribution is 2.34. The van der Waals surface area contributed by atoms with Crippen molar-refractivity contribution in [1.82, 2.24) is 4.90 Å². The lowest BCUT2D eigenvalue weighted by atomic mass is 10.1. The number of aryl methyl sites for hydroxylation is 2. The van der Waals surface area contributed by atoms with E-state index in [-0.39, 0.29) is 17.6 Å². The summed E-state index contributed by atoms with van der Waals surface area (Å²) in [7, 11) is 0. The molecule has 1 fully saturated rings. The van der Waals surface area contributed by atoms with Crippen LogP contribution in [-0.2, 0) is 9.59 Å². The number of thioether (sulfide) groups is 1. The van der Waals surface area contributed by atoms with Crippen LogP contribution in [-0.4, -0.2) is 34.6 Å². The van der Waals surface area contributed by atoms with Gasteiger partial charge in [0.15, 0.2) is 0 Å². The zero-order chi connectivity index (χ0) is 23.4. The lowest BCUT2D eigenvalue weighted by Gasteiger charge is -2.14. The number of benzene rings is 2. The van der Waals surface area contributed by atoms with Crippen LogP contribution >= 0.6 is 23.4 Å². The van der Waals surface area contributed by atoms with Gasteiger partial charge in [-0.1, -0.05) is 30.7 Å². The number of halogens is 1. The van der Waals surface area contributed by atoms with E-state index in [0.29, 0.717) is 22.0 Å². The van der Waals surface area contributed by atoms with Gasteiger partial charge in [-0.3, -0.25) is 19.3 Å². The number of carbonyl (C=O) groups excluding carboxylic acids is 3. The highest BCUT2D eigenvalue weighted by Gasteiger charge is 2.36. The zero-order valence-corrected chi connectivity index (χ0v) is 20.0. The van der Waals surface area contributed by atoms with E-state index in [1.165, 1.54) is 0 Å². The van der Waals surface area contributed by atoms with Gasteiger partial charge in [0.2, 0.25) is 5.91 Å². The number of hydrogen-bond acceptors (Lipinski definition) is 5. The summed E-state index contributed by atoms with van der Waals surface area (Å²) in [6, 6.07) is 10.7. The first-order chi connectivity index (χ1) is 15.2. The van der Waals surface area contributed by atoms with Crippen molar-refractivity contribution in [2.45, 2.75) is 40.2 Å². The Bertz CT molecular complexity index is 1100. The van der Waals surface area contributed by atoms with Gasteiger partial charge in [0.25, 0.3) is 11.1 Å². The zero-order valence-electron chi connectivity index (χ0n) is 18.4. The Morgan fingerprint density at radius 2 is 1.94 bits per heavy atom. The van der Waals surface area contributed by atoms with E-state index in [1.54, 1.807) is 30.3 Å². The Balaban J connectivity index is 1.68. The lowest BCUT2D eigenvalue weighted by Crippen LogP contribution is -2.36. The highest BCUT2D eigenvalue weighted by molar-refractivity contribution is 8.18. The van der Waals surface area contributed by atoms with Gasteiger partial charge in [-0.2, -0.15) is 0 Å². The molecule has 0 spiro atoms. The topological polar surface area (TPSA) is 75.7 Å². The Morgan fingerprint density at radius 3 is 2.59 bits per heavy atom. The SMILES string of the molecule is CC[C@@H](C)Oc1ccc(/C=C2\SC(=O)N(CC(=O)Nc3ccc(C)c(C)c3)C2=O)cc1Cl. The van der Waals surface area contributed by atoms with E-state index in [0.717, 1.165) is 34.2 Å². The van der Waals surface area contributed by atoms with Crippen LogP contribution < -0.4 is 10.1 Å². The van der Waals surface area contributed by atoms with Crippen molar-refractivity contribution in [3.63, 3.8) is 0 Å². The molecule has 0 radical (unpaired) electrons. The van der Waals surface area contributed by atoms with Crippen LogP contribution in [0.1, 0.15) is 37.0 Å². The summed E-state index contributed by atoms with van der Waals surface area (Å²) in [5, 5.41) is 2.67. The minimum atomic E-state index is -0.508. The average molecular weight is 473 g/mol. The summed E-state index contributed by atoms with van der Waals surface area (Å²) in [5.41, 5.74) is 3.43. The monoisotopic (exact) mass is 472 g/mol. The molecule has 1 aliphatic heterocycles.